The fraction of sp³-hybridized carbons (Fsp3) is 0.741. The molecular formula is C27H36O6. The van der Waals surface area contributed by atoms with Crippen LogP contribution in [0.3, 0.4) is 0 Å². The quantitative estimate of drug-likeness (QED) is 0.627. The van der Waals surface area contributed by atoms with Crippen molar-refractivity contribution in [3.8, 4) is 0 Å². The molecule has 0 aromatic rings. The van der Waals surface area contributed by atoms with Gasteiger partial charge in [0, 0.05) is 36.7 Å². The van der Waals surface area contributed by atoms with Gasteiger partial charge in [-0.1, -0.05) is 38.8 Å². The first-order chi connectivity index (χ1) is 15.6. The normalized spacial score (nSPS) is 46.7. The third-order valence-electron chi connectivity index (χ3n) is 9.73. The minimum Gasteiger partial charge on any atom is -0.331 e. The van der Waals surface area contributed by atoms with Gasteiger partial charge in [0.2, 0.25) is 0 Å². The fourth-order valence-corrected chi connectivity index (χ4v) is 8.01. The maximum Gasteiger partial charge on any atom is 0.284 e. The number of hydrogen-bond acceptors (Lipinski definition) is 6. The summed E-state index contributed by atoms with van der Waals surface area (Å²) >= 11 is 0. The molecule has 1 heterocycles. The zero-order valence-corrected chi connectivity index (χ0v) is 20.3. The third kappa shape index (κ3) is 3.06. The second-order valence-corrected chi connectivity index (χ2v) is 11.2. The molecule has 4 aliphatic carbocycles. The van der Waals surface area contributed by atoms with Gasteiger partial charge in [0.05, 0.1) is 0 Å². The van der Waals surface area contributed by atoms with E-state index in [0.29, 0.717) is 19.3 Å². The molecule has 1 spiro atoms. The lowest BCUT2D eigenvalue weighted by Gasteiger charge is -2.59. The lowest BCUT2D eigenvalue weighted by molar-refractivity contribution is -0.424. The van der Waals surface area contributed by atoms with Crippen LogP contribution in [0.4, 0.5) is 0 Å². The van der Waals surface area contributed by atoms with Crippen molar-refractivity contribution in [2.75, 3.05) is 13.7 Å². The summed E-state index contributed by atoms with van der Waals surface area (Å²) < 4.78 is 18.2. The molecule has 0 bridgehead atoms. The van der Waals surface area contributed by atoms with E-state index < -0.39 is 22.4 Å². The number of ketones is 3. The number of rotatable bonds is 4. The van der Waals surface area contributed by atoms with Crippen LogP contribution in [0.5, 0.6) is 0 Å². The van der Waals surface area contributed by atoms with Crippen molar-refractivity contribution < 1.29 is 28.6 Å². The summed E-state index contributed by atoms with van der Waals surface area (Å²) in [7, 11) is 1.57. The van der Waals surface area contributed by atoms with E-state index in [1.165, 1.54) is 0 Å². The Hall–Kier alpha value is -1.63. The van der Waals surface area contributed by atoms with Gasteiger partial charge < -0.3 is 14.2 Å². The molecule has 5 aliphatic rings. The summed E-state index contributed by atoms with van der Waals surface area (Å²) in [6.07, 6.45) is 11.1. The van der Waals surface area contributed by atoms with Crippen LogP contribution in [0, 0.1) is 28.6 Å². The molecule has 1 saturated heterocycles. The lowest BCUT2D eigenvalue weighted by Crippen LogP contribution is -2.67. The summed E-state index contributed by atoms with van der Waals surface area (Å²) in [6, 6.07) is 0. The first-order valence-corrected chi connectivity index (χ1v) is 12.5. The summed E-state index contributed by atoms with van der Waals surface area (Å²) in [5.41, 5.74) is -0.982. The monoisotopic (exact) mass is 456 g/mol. The van der Waals surface area contributed by atoms with E-state index in [1.807, 2.05) is 6.08 Å². The number of hydrogen-bond donors (Lipinski definition) is 0. The molecule has 180 valence electrons. The highest BCUT2D eigenvalue weighted by atomic mass is 16.9. The zero-order valence-electron chi connectivity index (χ0n) is 20.3. The zero-order chi connectivity index (χ0) is 23.6. The summed E-state index contributed by atoms with van der Waals surface area (Å²) in [6.45, 7) is 6.26. The number of carbonyl (C=O) groups is 3. The molecular weight excluding hydrogens is 420 g/mol. The van der Waals surface area contributed by atoms with Crippen molar-refractivity contribution in [2.45, 2.75) is 83.7 Å². The largest absolute Gasteiger partial charge is 0.331 e. The summed E-state index contributed by atoms with van der Waals surface area (Å²) in [4.78, 5) is 39.4. The van der Waals surface area contributed by atoms with E-state index in [1.54, 1.807) is 19.3 Å². The van der Waals surface area contributed by atoms with Gasteiger partial charge in [0.15, 0.2) is 11.6 Å². The van der Waals surface area contributed by atoms with Gasteiger partial charge in [-0.3, -0.25) is 14.4 Å². The SMILES string of the molecule is CCCCC1(OC)OCC(=O)C2(CCC3C4CCC5=CC(=O)C=CC5(C)C4C(=O)CC32C)O1. The topological polar surface area (TPSA) is 78.9 Å². The third-order valence-corrected chi connectivity index (χ3v) is 9.73. The van der Waals surface area contributed by atoms with Gasteiger partial charge in [0.1, 0.15) is 18.0 Å². The number of unbranched alkanes of at least 4 members (excludes halogenated alkanes) is 1. The van der Waals surface area contributed by atoms with Crippen LogP contribution in [0.15, 0.2) is 23.8 Å². The van der Waals surface area contributed by atoms with Crippen LogP contribution in [-0.2, 0) is 28.6 Å². The van der Waals surface area contributed by atoms with Crippen LogP contribution in [0.2, 0.25) is 0 Å². The number of fused-ring (bicyclic) bond motifs is 6. The average Bonchev–Trinajstić information content (AvgIpc) is 3.07. The maximum absolute atomic E-state index is 13.9. The highest BCUT2D eigenvalue weighted by Gasteiger charge is 2.72. The Morgan fingerprint density at radius 2 is 1.97 bits per heavy atom. The van der Waals surface area contributed by atoms with Crippen molar-refractivity contribution in [3.05, 3.63) is 23.8 Å². The smallest absolute Gasteiger partial charge is 0.284 e. The molecule has 0 N–H and O–H groups in total. The summed E-state index contributed by atoms with van der Waals surface area (Å²) in [5, 5.41) is 0. The Bertz CT molecular complexity index is 950. The highest BCUT2D eigenvalue weighted by molar-refractivity contribution is 6.02. The van der Waals surface area contributed by atoms with Crippen molar-refractivity contribution >= 4 is 17.3 Å². The van der Waals surface area contributed by atoms with E-state index >= 15 is 0 Å². The molecule has 0 radical (unpaired) electrons. The standard InChI is InChI=1S/C27H36O6/c1-5-6-11-27(31-4)32-16-22(30)26(33-27)13-10-20-19-8-7-17-14-18(28)9-12-24(17,2)23(19)21(29)15-25(20,26)3/h9,12,14,19-20,23H,5-8,10-11,13,15-16H2,1-4H3. The van der Waals surface area contributed by atoms with Gasteiger partial charge in [-0.2, -0.15) is 0 Å². The van der Waals surface area contributed by atoms with E-state index in [4.69, 9.17) is 14.2 Å². The van der Waals surface area contributed by atoms with Gasteiger partial charge in [-0.25, -0.2) is 0 Å². The number of ether oxygens (including phenoxy) is 3. The van der Waals surface area contributed by atoms with Gasteiger partial charge >= 0.3 is 0 Å². The molecule has 5 rings (SSSR count). The van der Waals surface area contributed by atoms with Gasteiger partial charge in [0.25, 0.3) is 5.97 Å². The molecule has 1 aliphatic heterocycles. The van der Waals surface area contributed by atoms with Crippen LogP contribution in [-0.4, -0.2) is 42.6 Å². The second-order valence-electron chi connectivity index (χ2n) is 11.2. The molecule has 7 atom stereocenters. The fourth-order valence-electron chi connectivity index (χ4n) is 8.01. The molecule has 0 amide bonds. The number of methoxy groups -OCH3 is 1. The minimum absolute atomic E-state index is 0.0121. The Morgan fingerprint density at radius 1 is 1.18 bits per heavy atom. The predicted octanol–water partition coefficient (Wildman–Crippen LogP) is 4.32. The van der Waals surface area contributed by atoms with E-state index in [0.717, 1.165) is 37.7 Å². The van der Waals surface area contributed by atoms with Crippen molar-refractivity contribution in [1.29, 1.82) is 0 Å². The maximum atomic E-state index is 13.9. The number of allylic oxidation sites excluding steroid dienone is 4. The number of carbonyl (C=O) groups excluding carboxylic acids is 3. The van der Waals surface area contributed by atoms with Crippen LogP contribution in [0.25, 0.3) is 0 Å². The molecule has 3 saturated carbocycles. The Kier molecular flexibility index (Phi) is 5.39. The van der Waals surface area contributed by atoms with Crippen molar-refractivity contribution in [2.24, 2.45) is 28.6 Å². The van der Waals surface area contributed by atoms with Crippen LogP contribution < -0.4 is 0 Å². The summed E-state index contributed by atoms with van der Waals surface area (Å²) in [5.74, 6) is -0.881. The first-order valence-electron chi connectivity index (χ1n) is 12.5. The Morgan fingerprint density at radius 3 is 2.70 bits per heavy atom. The van der Waals surface area contributed by atoms with Gasteiger partial charge in [-0.05, 0) is 56.1 Å². The molecule has 33 heavy (non-hydrogen) atoms. The van der Waals surface area contributed by atoms with E-state index in [9.17, 15) is 14.4 Å². The van der Waals surface area contributed by atoms with Crippen molar-refractivity contribution in [3.63, 3.8) is 0 Å². The van der Waals surface area contributed by atoms with E-state index in [-0.39, 0.29) is 41.7 Å². The Labute approximate surface area is 196 Å². The second kappa shape index (κ2) is 7.69. The molecule has 0 aromatic heterocycles. The molecule has 0 aromatic carbocycles. The molecule has 6 heteroatoms. The predicted molar refractivity (Wildman–Crippen MR) is 121 cm³/mol. The highest BCUT2D eigenvalue weighted by Crippen LogP contribution is 2.68. The molecule has 7 unspecified atom stereocenters. The van der Waals surface area contributed by atoms with Crippen LogP contribution in [0.1, 0.15) is 72.1 Å². The first kappa shape index (κ1) is 23.1. The number of Topliss-reactive ketones (excluding diaryl/α,β-unsaturated/α-hetero) is 2. The van der Waals surface area contributed by atoms with Gasteiger partial charge in [-0.15, -0.1) is 0 Å². The minimum atomic E-state index is -1.23. The lowest BCUT2D eigenvalue weighted by atomic mass is 9.46. The van der Waals surface area contributed by atoms with Crippen molar-refractivity contribution in [1.82, 2.24) is 0 Å². The van der Waals surface area contributed by atoms with E-state index in [2.05, 4.69) is 20.8 Å². The average molecular weight is 457 g/mol. The molecule has 4 fully saturated rings. The van der Waals surface area contributed by atoms with Crippen LogP contribution >= 0.6 is 0 Å². The Balaban J connectivity index is 1.52. The molecule has 6 nitrogen and oxygen atoms in total.